The SMILES string of the molecule is O=P(c1ccccc1)(c1ccccc1)c1cnc(-c2ccc3c(c2)Sc2cccc4c5ccccc5n-3c24)nc1. The van der Waals surface area contributed by atoms with Crippen LogP contribution in [0.25, 0.3) is 38.9 Å². The molecule has 0 unspecified atom stereocenters. The van der Waals surface area contributed by atoms with E-state index in [4.69, 9.17) is 9.97 Å². The lowest BCUT2D eigenvalue weighted by Gasteiger charge is -2.21. The molecule has 0 atom stereocenters. The Morgan fingerprint density at radius 3 is 1.98 bits per heavy atom. The molecule has 2 aromatic heterocycles. The second-order valence-electron chi connectivity index (χ2n) is 9.83. The van der Waals surface area contributed by atoms with E-state index in [0.29, 0.717) is 11.1 Å². The molecule has 1 aliphatic rings. The van der Waals surface area contributed by atoms with Gasteiger partial charge in [0.1, 0.15) is 0 Å². The number of rotatable bonds is 4. The van der Waals surface area contributed by atoms with E-state index in [-0.39, 0.29) is 0 Å². The maximum Gasteiger partial charge on any atom is 0.174 e. The van der Waals surface area contributed by atoms with Gasteiger partial charge < -0.3 is 9.13 Å². The normalized spacial score (nSPS) is 12.5. The van der Waals surface area contributed by atoms with E-state index < -0.39 is 7.14 Å². The van der Waals surface area contributed by atoms with Crippen molar-refractivity contribution in [3.05, 3.63) is 134 Å². The number of aromatic nitrogens is 3. The van der Waals surface area contributed by atoms with Crippen molar-refractivity contribution in [3.8, 4) is 17.1 Å². The summed E-state index contributed by atoms with van der Waals surface area (Å²) in [5.41, 5.74) is 4.55. The molecule has 0 aliphatic carbocycles. The second kappa shape index (κ2) is 9.06. The first kappa shape index (κ1) is 23.4. The third-order valence-corrected chi connectivity index (χ3v) is 11.7. The molecule has 0 fully saturated rings. The number of nitrogens with zero attached hydrogens (tertiary/aromatic N) is 3. The van der Waals surface area contributed by atoms with E-state index in [1.165, 1.54) is 26.7 Å². The molecule has 7 aromatic rings. The Kier molecular flexibility index (Phi) is 5.31. The molecule has 0 saturated carbocycles. The van der Waals surface area contributed by atoms with Gasteiger partial charge in [0.05, 0.1) is 22.0 Å². The highest BCUT2D eigenvalue weighted by atomic mass is 32.2. The number of hydrogen-bond acceptors (Lipinski definition) is 4. The smallest absolute Gasteiger partial charge is 0.174 e. The van der Waals surface area contributed by atoms with Crippen molar-refractivity contribution in [3.63, 3.8) is 0 Å². The fourth-order valence-corrected chi connectivity index (χ4v) is 9.36. The highest BCUT2D eigenvalue weighted by Crippen LogP contribution is 2.47. The van der Waals surface area contributed by atoms with Crippen molar-refractivity contribution in [2.75, 3.05) is 0 Å². The first-order chi connectivity index (χ1) is 19.7. The topological polar surface area (TPSA) is 47.8 Å². The standard InChI is InChI=1S/C34H22N3OPS/c38-39(24-10-3-1-4-11-24,25-12-5-2-6-13-25)26-21-35-34(36-22-26)23-18-19-30-32(20-23)40-31-17-9-15-28-27-14-7-8-16-29(27)37(30)33(28)31/h1-22H. The van der Waals surface area contributed by atoms with Crippen LogP contribution < -0.4 is 15.9 Å². The van der Waals surface area contributed by atoms with Gasteiger partial charge in [0.25, 0.3) is 0 Å². The van der Waals surface area contributed by atoms with Crippen molar-refractivity contribution in [1.29, 1.82) is 0 Å². The third-order valence-electron chi connectivity index (χ3n) is 7.58. The number of para-hydroxylation sites is 2. The zero-order valence-electron chi connectivity index (χ0n) is 21.3. The molecule has 0 spiro atoms. The summed E-state index contributed by atoms with van der Waals surface area (Å²) in [6.07, 6.45) is 3.46. The van der Waals surface area contributed by atoms with Crippen molar-refractivity contribution in [2.24, 2.45) is 0 Å². The summed E-state index contributed by atoms with van der Waals surface area (Å²) in [5, 5.41) is 4.70. The molecule has 190 valence electrons. The van der Waals surface area contributed by atoms with Gasteiger partial charge in [-0.05, 0) is 30.3 Å². The van der Waals surface area contributed by atoms with Gasteiger partial charge in [0.2, 0.25) is 0 Å². The van der Waals surface area contributed by atoms with Crippen LogP contribution in [0.5, 0.6) is 0 Å². The molecular formula is C34H22N3OPS. The number of fused-ring (bicyclic) bond motifs is 5. The van der Waals surface area contributed by atoms with Crippen LogP contribution in [-0.2, 0) is 4.57 Å². The van der Waals surface area contributed by atoms with Crippen LogP contribution in [-0.4, -0.2) is 14.5 Å². The van der Waals surface area contributed by atoms with Gasteiger partial charge in [-0.15, -0.1) is 0 Å². The van der Waals surface area contributed by atoms with Crippen LogP contribution in [0.3, 0.4) is 0 Å². The largest absolute Gasteiger partial charge is 0.309 e. The van der Waals surface area contributed by atoms with E-state index in [2.05, 4.69) is 65.2 Å². The predicted molar refractivity (Wildman–Crippen MR) is 165 cm³/mol. The fourth-order valence-electron chi connectivity index (χ4n) is 5.71. The van der Waals surface area contributed by atoms with Crippen LogP contribution >= 0.6 is 18.9 Å². The van der Waals surface area contributed by atoms with E-state index >= 15 is 0 Å². The average Bonchev–Trinajstić information content (AvgIpc) is 3.37. The molecule has 8 rings (SSSR count). The summed E-state index contributed by atoms with van der Waals surface area (Å²) in [6.45, 7) is 0. The van der Waals surface area contributed by atoms with Crippen LogP contribution in [0.15, 0.2) is 144 Å². The molecule has 0 radical (unpaired) electrons. The van der Waals surface area contributed by atoms with E-state index in [0.717, 1.165) is 26.8 Å². The van der Waals surface area contributed by atoms with Crippen LogP contribution in [0, 0.1) is 0 Å². The lowest BCUT2D eigenvalue weighted by atomic mass is 10.1. The van der Waals surface area contributed by atoms with Crippen molar-refractivity contribution < 1.29 is 4.57 Å². The Labute approximate surface area is 235 Å². The third kappa shape index (κ3) is 3.45. The van der Waals surface area contributed by atoms with Gasteiger partial charge >= 0.3 is 0 Å². The Bertz CT molecular complexity index is 2060. The lowest BCUT2D eigenvalue weighted by Crippen LogP contribution is -2.25. The maximum atomic E-state index is 14.7. The fraction of sp³-hybridized carbons (Fsp3) is 0. The van der Waals surface area contributed by atoms with E-state index in [1.807, 2.05) is 60.7 Å². The molecule has 4 nitrogen and oxygen atoms in total. The van der Waals surface area contributed by atoms with Crippen LogP contribution in [0.4, 0.5) is 0 Å². The minimum Gasteiger partial charge on any atom is -0.309 e. The molecule has 3 heterocycles. The van der Waals surface area contributed by atoms with Crippen molar-refractivity contribution in [2.45, 2.75) is 9.79 Å². The monoisotopic (exact) mass is 551 g/mol. The zero-order chi connectivity index (χ0) is 26.7. The average molecular weight is 552 g/mol. The summed E-state index contributed by atoms with van der Waals surface area (Å²) in [7, 11) is -3.12. The zero-order valence-corrected chi connectivity index (χ0v) is 23.0. The first-order valence-corrected chi connectivity index (χ1v) is 15.6. The maximum absolute atomic E-state index is 14.7. The molecule has 1 aliphatic heterocycles. The highest BCUT2D eigenvalue weighted by Gasteiger charge is 2.30. The van der Waals surface area contributed by atoms with Gasteiger partial charge in [-0.3, -0.25) is 0 Å². The summed E-state index contributed by atoms with van der Waals surface area (Å²) < 4.78 is 17.0. The summed E-state index contributed by atoms with van der Waals surface area (Å²) >= 11 is 1.78. The molecule has 5 aromatic carbocycles. The van der Waals surface area contributed by atoms with Crippen molar-refractivity contribution >= 4 is 56.6 Å². The van der Waals surface area contributed by atoms with Gasteiger partial charge in [-0.25, -0.2) is 9.97 Å². The van der Waals surface area contributed by atoms with Gasteiger partial charge in [-0.1, -0.05) is 103 Å². The molecule has 6 heteroatoms. The van der Waals surface area contributed by atoms with Crippen molar-refractivity contribution in [1.82, 2.24) is 14.5 Å². The lowest BCUT2D eigenvalue weighted by molar-refractivity contribution is 0.592. The molecular weight excluding hydrogens is 529 g/mol. The number of benzene rings is 5. The number of hydrogen-bond donors (Lipinski definition) is 0. The first-order valence-electron chi connectivity index (χ1n) is 13.1. The minimum atomic E-state index is -3.12. The Hall–Kier alpha value is -4.44. The summed E-state index contributed by atoms with van der Waals surface area (Å²) in [6, 6.07) is 40.8. The van der Waals surface area contributed by atoms with Crippen LogP contribution in [0.1, 0.15) is 0 Å². The summed E-state index contributed by atoms with van der Waals surface area (Å²) in [4.78, 5) is 11.9. The predicted octanol–water partition coefficient (Wildman–Crippen LogP) is 7.34. The van der Waals surface area contributed by atoms with E-state index in [9.17, 15) is 4.57 Å². The molecule has 0 N–H and O–H groups in total. The Morgan fingerprint density at radius 2 is 1.25 bits per heavy atom. The highest BCUT2D eigenvalue weighted by molar-refractivity contribution is 7.99. The van der Waals surface area contributed by atoms with Gasteiger partial charge in [0, 0.05) is 49.1 Å². The van der Waals surface area contributed by atoms with E-state index in [1.54, 1.807) is 24.2 Å². The Balaban J connectivity index is 1.23. The molecule has 40 heavy (non-hydrogen) atoms. The summed E-state index contributed by atoms with van der Waals surface area (Å²) in [5.74, 6) is 0.612. The van der Waals surface area contributed by atoms with Crippen LogP contribution in [0.2, 0.25) is 0 Å². The quantitative estimate of drug-likeness (QED) is 0.215. The molecule has 0 amide bonds. The van der Waals surface area contributed by atoms with Gasteiger partial charge in [-0.2, -0.15) is 0 Å². The molecule has 0 bridgehead atoms. The molecule has 0 saturated heterocycles. The second-order valence-corrected chi connectivity index (χ2v) is 13.7. The Morgan fingerprint density at radius 1 is 0.600 bits per heavy atom. The minimum absolute atomic E-state index is 0.612. The van der Waals surface area contributed by atoms with Gasteiger partial charge in [0.15, 0.2) is 13.0 Å².